The highest BCUT2D eigenvalue weighted by atomic mass is 127. The largest absolute Gasteiger partial charge is 0.376 e. The number of benzene rings is 1. The minimum Gasteiger partial charge on any atom is -0.376 e. The van der Waals surface area contributed by atoms with Crippen LogP contribution in [0.2, 0.25) is 0 Å². The number of rotatable bonds is 7. The molecule has 2 nitrogen and oxygen atoms in total. The van der Waals surface area contributed by atoms with Crippen molar-refractivity contribution in [3.05, 3.63) is 45.6 Å². The lowest BCUT2D eigenvalue weighted by Crippen LogP contribution is -2.19. The zero-order valence-corrected chi connectivity index (χ0v) is 11.8. The van der Waals surface area contributed by atoms with E-state index < -0.39 is 0 Å². The first-order chi connectivity index (χ1) is 7.68. The molecule has 0 aliphatic carbocycles. The van der Waals surface area contributed by atoms with Crippen LogP contribution in [0.5, 0.6) is 0 Å². The fourth-order valence-corrected chi connectivity index (χ4v) is 1.59. The highest BCUT2D eigenvalue weighted by Crippen LogP contribution is 2.06. The van der Waals surface area contributed by atoms with Gasteiger partial charge >= 0.3 is 0 Å². The summed E-state index contributed by atoms with van der Waals surface area (Å²) in [5, 5.41) is 3.34. The number of nitrogens with one attached hydrogen (secondary N) is 1. The summed E-state index contributed by atoms with van der Waals surface area (Å²) in [5.74, 6) is 0. The Hall–Kier alpha value is -0.390. The SMILES string of the molecule is C=C(C)COCCNCc1ccc(I)cc1. The van der Waals surface area contributed by atoms with Crippen LogP contribution in [0.4, 0.5) is 0 Å². The van der Waals surface area contributed by atoms with Crippen LogP contribution in [0, 0.1) is 3.57 Å². The van der Waals surface area contributed by atoms with Crippen LogP contribution >= 0.6 is 22.6 Å². The van der Waals surface area contributed by atoms with Crippen LogP contribution in [0.1, 0.15) is 12.5 Å². The van der Waals surface area contributed by atoms with E-state index in [1.807, 2.05) is 6.92 Å². The van der Waals surface area contributed by atoms with E-state index in [0.717, 1.165) is 25.3 Å². The van der Waals surface area contributed by atoms with E-state index in [9.17, 15) is 0 Å². The third-order valence-electron chi connectivity index (χ3n) is 2.01. The second kappa shape index (κ2) is 7.81. The lowest BCUT2D eigenvalue weighted by Gasteiger charge is -2.06. The smallest absolute Gasteiger partial charge is 0.0672 e. The lowest BCUT2D eigenvalue weighted by molar-refractivity contribution is 0.158. The third kappa shape index (κ3) is 6.25. The van der Waals surface area contributed by atoms with Gasteiger partial charge in [0.25, 0.3) is 0 Å². The Morgan fingerprint density at radius 3 is 2.69 bits per heavy atom. The van der Waals surface area contributed by atoms with E-state index in [2.05, 4.69) is 58.8 Å². The molecule has 0 bridgehead atoms. The molecule has 1 aromatic carbocycles. The second-order valence-electron chi connectivity index (χ2n) is 3.81. The molecule has 0 radical (unpaired) electrons. The molecule has 0 amide bonds. The molecule has 0 aliphatic heterocycles. The average molecular weight is 331 g/mol. The van der Waals surface area contributed by atoms with Crippen molar-refractivity contribution >= 4 is 22.6 Å². The van der Waals surface area contributed by atoms with Gasteiger partial charge in [-0.3, -0.25) is 0 Å². The Morgan fingerprint density at radius 1 is 1.38 bits per heavy atom. The topological polar surface area (TPSA) is 21.3 Å². The van der Waals surface area contributed by atoms with E-state index in [4.69, 9.17) is 4.74 Å². The van der Waals surface area contributed by atoms with Gasteiger partial charge in [-0.05, 0) is 47.2 Å². The van der Waals surface area contributed by atoms with Gasteiger partial charge < -0.3 is 10.1 Å². The summed E-state index contributed by atoms with van der Waals surface area (Å²) in [4.78, 5) is 0. The predicted molar refractivity (Wildman–Crippen MR) is 76.5 cm³/mol. The normalized spacial score (nSPS) is 10.4. The van der Waals surface area contributed by atoms with Gasteiger partial charge in [-0.25, -0.2) is 0 Å². The van der Waals surface area contributed by atoms with E-state index in [0.29, 0.717) is 6.61 Å². The summed E-state index contributed by atoms with van der Waals surface area (Å²) in [6.07, 6.45) is 0. The molecular weight excluding hydrogens is 313 g/mol. The lowest BCUT2D eigenvalue weighted by atomic mass is 10.2. The molecule has 0 heterocycles. The Bertz CT molecular complexity index is 321. The van der Waals surface area contributed by atoms with Crippen molar-refractivity contribution in [1.82, 2.24) is 5.32 Å². The summed E-state index contributed by atoms with van der Waals surface area (Å²) < 4.78 is 6.66. The summed E-state index contributed by atoms with van der Waals surface area (Å²) in [6.45, 7) is 8.92. The summed E-state index contributed by atoms with van der Waals surface area (Å²) >= 11 is 2.31. The highest BCUT2D eigenvalue weighted by Gasteiger charge is 1.93. The number of halogens is 1. The molecule has 0 saturated carbocycles. The Labute approximate surface area is 111 Å². The van der Waals surface area contributed by atoms with Gasteiger partial charge in [0.2, 0.25) is 0 Å². The fraction of sp³-hybridized carbons (Fsp3) is 0.385. The Morgan fingerprint density at radius 2 is 2.06 bits per heavy atom. The van der Waals surface area contributed by atoms with Crippen LogP contribution in [0.15, 0.2) is 36.4 Å². The number of ether oxygens (including phenoxy) is 1. The van der Waals surface area contributed by atoms with Crippen LogP contribution in [0.3, 0.4) is 0 Å². The first kappa shape index (κ1) is 13.7. The average Bonchev–Trinajstić information content (AvgIpc) is 2.25. The van der Waals surface area contributed by atoms with Gasteiger partial charge in [0, 0.05) is 16.7 Å². The Kier molecular flexibility index (Phi) is 6.68. The molecular formula is C13H18INO. The van der Waals surface area contributed by atoms with Crippen molar-refractivity contribution in [1.29, 1.82) is 0 Å². The van der Waals surface area contributed by atoms with E-state index >= 15 is 0 Å². The summed E-state index contributed by atoms with van der Waals surface area (Å²) in [5.41, 5.74) is 2.37. The van der Waals surface area contributed by atoms with E-state index in [1.165, 1.54) is 9.13 Å². The predicted octanol–water partition coefficient (Wildman–Crippen LogP) is 2.97. The third-order valence-corrected chi connectivity index (χ3v) is 2.73. The summed E-state index contributed by atoms with van der Waals surface area (Å²) in [6, 6.07) is 8.53. The molecule has 0 fully saturated rings. The van der Waals surface area contributed by atoms with Crippen LogP contribution < -0.4 is 5.32 Å². The minimum absolute atomic E-state index is 0.658. The maximum Gasteiger partial charge on any atom is 0.0672 e. The van der Waals surface area contributed by atoms with Crippen molar-refractivity contribution in [2.75, 3.05) is 19.8 Å². The molecule has 0 saturated heterocycles. The zero-order valence-electron chi connectivity index (χ0n) is 9.63. The number of hydrogen-bond donors (Lipinski definition) is 1. The van der Waals surface area contributed by atoms with Crippen LogP contribution in [-0.4, -0.2) is 19.8 Å². The Balaban J connectivity index is 2.07. The van der Waals surface area contributed by atoms with Crippen LogP contribution in [0.25, 0.3) is 0 Å². The van der Waals surface area contributed by atoms with Crippen LogP contribution in [-0.2, 0) is 11.3 Å². The molecule has 0 aliphatic rings. The van der Waals surface area contributed by atoms with Gasteiger partial charge in [-0.2, -0.15) is 0 Å². The standard InChI is InChI=1S/C13H18INO/c1-11(2)10-16-8-7-15-9-12-3-5-13(14)6-4-12/h3-6,15H,1,7-10H2,2H3. The highest BCUT2D eigenvalue weighted by molar-refractivity contribution is 14.1. The maximum absolute atomic E-state index is 5.39. The molecule has 0 unspecified atom stereocenters. The van der Waals surface area contributed by atoms with Gasteiger partial charge in [0.1, 0.15) is 0 Å². The van der Waals surface area contributed by atoms with Crippen molar-refractivity contribution in [3.63, 3.8) is 0 Å². The second-order valence-corrected chi connectivity index (χ2v) is 5.06. The number of hydrogen-bond acceptors (Lipinski definition) is 2. The molecule has 16 heavy (non-hydrogen) atoms. The molecule has 3 heteroatoms. The van der Waals surface area contributed by atoms with Crippen molar-refractivity contribution < 1.29 is 4.74 Å². The fourth-order valence-electron chi connectivity index (χ4n) is 1.23. The van der Waals surface area contributed by atoms with E-state index in [-0.39, 0.29) is 0 Å². The van der Waals surface area contributed by atoms with Gasteiger partial charge in [0.15, 0.2) is 0 Å². The van der Waals surface area contributed by atoms with Gasteiger partial charge in [0.05, 0.1) is 13.2 Å². The van der Waals surface area contributed by atoms with Gasteiger partial charge in [-0.1, -0.05) is 24.3 Å². The van der Waals surface area contributed by atoms with Crippen molar-refractivity contribution in [2.45, 2.75) is 13.5 Å². The molecule has 0 atom stereocenters. The maximum atomic E-state index is 5.39. The first-order valence-corrected chi connectivity index (χ1v) is 6.43. The molecule has 1 aromatic rings. The zero-order chi connectivity index (χ0) is 11.8. The van der Waals surface area contributed by atoms with E-state index in [1.54, 1.807) is 0 Å². The minimum atomic E-state index is 0.658. The molecule has 0 spiro atoms. The molecule has 0 aromatic heterocycles. The first-order valence-electron chi connectivity index (χ1n) is 5.36. The quantitative estimate of drug-likeness (QED) is 0.471. The van der Waals surface area contributed by atoms with Crippen molar-refractivity contribution in [2.24, 2.45) is 0 Å². The van der Waals surface area contributed by atoms with Gasteiger partial charge in [-0.15, -0.1) is 0 Å². The molecule has 1 rings (SSSR count). The summed E-state index contributed by atoms with van der Waals surface area (Å²) in [7, 11) is 0. The molecule has 88 valence electrons. The van der Waals surface area contributed by atoms with Crippen molar-refractivity contribution in [3.8, 4) is 0 Å². The molecule has 1 N–H and O–H groups in total. The monoisotopic (exact) mass is 331 g/mol.